The third-order valence-electron chi connectivity index (χ3n) is 2.69. The lowest BCUT2D eigenvalue weighted by atomic mass is 10.2. The van der Waals surface area contributed by atoms with Gasteiger partial charge in [0, 0.05) is 38.1 Å². The van der Waals surface area contributed by atoms with Crippen LogP contribution in [0.5, 0.6) is 0 Å². The fourth-order valence-corrected chi connectivity index (χ4v) is 1.76. The molecule has 2 N–H and O–H groups in total. The first kappa shape index (κ1) is 12.0. The number of pyridine rings is 1. The maximum Gasteiger partial charge on any atom is 0.307 e. The Morgan fingerprint density at radius 2 is 2.24 bits per heavy atom. The molecule has 17 heavy (non-hydrogen) atoms. The summed E-state index contributed by atoms with van der Waals surface area (Å²) < 4.78 is 5.20. The van der Waals surface area contributed by atoms with E-state index in [4.69, 9.17) is 4.74 Å². The molecule has 1 aliphatic heterocycles. The molecule has 2 heterocycles. The Labute approximate surface area is 101 Å². The van der Waals surface area contributed by atoms with Crippen molar-refractivity contribution < 1.29 is 9.53 Å². The van der Waals surface area contributed by atoms with Crippen molar-refractivity contribution in [3.63, 3.8) is 0 Å². The van der Waals surface area contributed by atoms with E-state index in [0.717, 1.165) is 25.2 Å². The van der Waals surface area contributed by atoms with Crippen molar-refractivity contribution >= 4 is 5.97 Å². The van der Waals surface area contributed by atoms with Crippen LogP contribution in [0.1, 0.15) is 12.0 Å². The van der Waals surface area contributed by atoms with Gasteiger partial charge in [0.2, 0.25) is 0 Å². The van der Waals surface area contributed by atoms with E-state index in [9.17, 15) is 4.79 Å². The van der Waals surface area contributed by atoms with Crippen LogP contribution in [0, 0.1) is 0 Å². The molecule has 0 bridgehead atoms. The highest BCUT2D eigenvalue weighted by Gasteiger charge is 2.16. The number of esters is 1. The second kappa shape index (κ2) is 6.32. The van der Waals surface area contributed by atoms with Crippen molar-refractivity contribution in [3.05, 3.63) is 30.1 Å². The maximum atomic E-state index is 11.6. The Kier molecular flexibility index (Phi) is 4.46. The molecule has 0 aromatic carbocycles. The zero-order valence-corrected chi connectivity index (χ0v) is 9.69. The largest absolute Gasteiger partial charge is 0.461 e. The van der Waals surface area contributed by atoms with Gasteiger partial charge in [0.15, 0.2) is 0 Å². The lowest BCUT2D eigenvalue weighted by Crippen LogP contribution is -2.49. The van der Waals surface area contributed by atoms with Crippen LogP contribution in [0.4, 0.5) is 0 Å². The lowest BCUT2D eigenvalue weighted by Gasteiger charge is -2.23. The Bertz CT molecular complexity index is 350. The second-order valence-corrected chi connectivity index (χ2v) is 4.08. The maximum absolute atomic E-state index is 11.6. The van der Waals surface area contributed by atoms with E-state index in [1.54, 1.807) is 12.4 Å². The Morgan fingerprint density at radius 1 is 1.41 bits per heavy atom. The number of carbonyl (C=O) groups excluding carboxylic acids is 1. The van der Waals surface area contributed by atoms with Gasteiger partial charge >= 0.3 is 5.97 Å². The molecule has 5 nitrogen and oxygen atoms in total. The number of piperazine rings is 1. The van der Waals surface area contributed by atoms with Crippen LogP contribution in [-0.4, -0.2) is 36.6 Å². The number of aromatic nitrogens is 1. The average Bonchev–Trinajstić information content (AvgIpc) is 2.39. The van der Waals surface area contributed by atoms with Gasteiger partial charge in [-0.25, -0.2) is 0 Å². The summed E-state index contributed by atoms with van der Waals surface area (Å²) in [6, 6.07) is 3.87. The highest BCUT2D eigenvalue weighted by atomic mass is 16.5. The fourth-order valence-electron chi connectivity index (χ4n) is 1.76. The predicted molar refractivity (Wildman–Crippen MR) is 63.3 cm³/mol. The van der Waals surface area contributed by atoms with Crippen molar-refractivity contribution in [2.24, 2.45) is 0 Å². The molecule has 1 fully saturated rings. The minimum absolute atomic E-state index is 0.164. The summed E-state index contributed by atoms with van der Waals surface area (Å²) in [5.74, 6) is -0.164. The highest BCUT2D eigenvalue weighted by Crippen LogP contribution is 2.02. The SMILES string of the molecule is O=C(CC1CNCCN1)OCc1ccncc1. The standard InChI is InChI=1S/C12H17N3O2/c16-12(7-11-8-14-5-6-15-11)17-9-10-1-3-13-4-2-10/h1-4,11,14-15H,5-9H2. The average molecular weight is 235 g/mol. The molecule has 5 heteroatoms. The summed E-state index contributed by atoms with van der Waals surface area (Å²) in [5, 5.41) is 6.51. The van der Waals surface area contributed by atoms with E-state index in [1.807, 2.05) is 12.1 Å². The summed E-state index contributed by atoms with van der Waals surface area (Å²) in [5.41, 5.74) is 0.961. The molecule has 0 spiro atoms. The monoisotopic (exact) mass is 235 g/mol. The van der Waals surface area contributed by atoms with E-state index in [1.165, 1.54) is 0 Å². The summed E-state index contributed by atoms with van der Waals surface area (Å²) >= 11 is 0. The molecule has 0 aliphatic carbocycles. The molecule has 1 aromatic rings. The number of nitrogens with zero attached hydrogens (tertiary/aromatic N) is 1. The van der Waals surface area contributed by atoms with E-state index in [2.05, 4.69) is 15.6 Å². The van der Waals surface area contributed by atoms with Gasteiger partial charge in [-0.15, -0.1) is 0 Å². The minimum Gasteiger partial charge on any atom is -0.461 e. The van der Waals surface area contributed by atoms with Crippen molar-refractivity contribution in [1.82, 2.24) is 15.6 Å². The molecule has 92 valence electrons. The van der Waals surface area contributed by atoms with Crippen LogP contribution in [0.15, 0.2) is 24.5 Å². The van der Waals surface area contributed by atoms with E-state index in [0.29, 0.717) is 13.0 Å². The molecule has 0 radical (unpaired) electrons. The van der Waals surface area contributed by atoms with Gasteiger partial charge in [0.1, 0.15) is 6.61 Å². The number of rotatable bonds is 4. The summed E-state index contributed by atoms with van der Waals surface area (Å²) in [7, 11) is 0. The van der Waals surface area contributed by atoms with E-state index >= 15 is 0 Å². The van der Waals surface area contributed by atoms with Crippen molar-refractivity contribution in [2.45, 2.75) is 19.1 Å². The van der Waals surface area contributed by atoms with E-state index < -0.39 is 0 Å². The smallest absolute Gasteiger partial charge is 0.307 e. The molecular formula is C12H17N3O2. The molecule has 1 atom stereocenters. The van der Waals surface area contributed by atoms with Crippen molar-refractivity contribution in [1.29, 1.82) is 0 Å². The number of carbonyl (C=O) groups is 1. The summed E-state index contributed by atoms with van der Waals surface area (Å²) in [6.45, 7) is 3.01. The van der Waals surface area contributed by atoms with Crippen LogP contribution in [0.2, 0.25) is 0 Å². The minimum atomic E-state index is -0.164. The van der Waals surface area contributed by atoms with E-state index in [-0.39, 0.29) is 12.0 Å². The number of nitrogens with one attached hydrogen (secondary N) is 2. The van der Waals surface area contributed by atoms with Gasteiger partial charge in [0.05, 0.1) is 6.42 Å². The van der Waals surface area contributed by atoms with Crippen molar-refractivity contribution in [2.75, 3.05) is 19.6 Å². The van der Waals surface area contributed by atoms with Gasteiger partial charge in [0.25, 0.3) is 0 Å². The molecule has 1 unspecified atom stereocenters. The van der Waals surface area contributed by atoms with Crippen LogP contribution in [0.3, 0.4) is 0 Å². The van der Waals surface area contributed by atoms with Crippen LogP contribution in [-0.2, 0) is 16.1 Å². The van der Waals surface area contributed by atoms with Gasteiger partial charge in [-0.2, -0.15) is 0 Å². The molecule has 1 saturated heterocycles. The van der Waals surface area contributed by atoms with Gasteiger partial charge in [-0.05, 0) is 17.7 Å². The highest BCUT2D eigenvalue weighted by molar-refractivity contribution is 5.70. The third-order valence-corrected chi connectivity index (χ3v) is 2.69. The molecule has 1 aromatic heterocycles. The van der Waals surface area contributed by atoms with Crippen LogP contribution >= 0.6 is 0 Å². The fraction of sp³-hybridized carbons (Fsp3) is 0.500. The zero-order valence-electron chi connectivity index (χ0n) is 9.69. The topological polar surface area (TPSA) is 63.2 Å². The first-order chi connectivity index (χ1) is 8.34. The van der Waals surface area contributed by atoms with Gasteiger partial charge in [-0.3, -0.25) is 9.78 Å². The number of ether oxygens (including phenoxy) is 1. The first-order valence-electron chi connectivity index (χ1n) is 5.83. The third kappa shape index (κ3) is 4.13. The first-order valence-corrected chi connectivity index (χ1v) is 5.83. The number of hydrogen-bond acceptors (Lipinski definition) is 5. The van der Waals surface area contributed by atoms with Crippen LogP contribution < -0.4 is 10.6 Å². The summed E-state index contributed by atoms with van der Waals surface area (Å²) in [6.07, 6.45) is 3.80. The molecule has 0 amide bonds. The number of hydrogen-bond donors (Lipinski definition) is 2. The molecule has 2 rings (SSSR count). The summed E-state index contributed by atoms with van der Waals surface area (Å²) in [4.78, 5) is 15.5. The van der Waals surface area contributed by atoms with Crippen molar-refractivity contribution in [3.8, 4) is 0 Å². The lowest BCUT2D eigenvalue weighted by molar-refractivity contribution is -0.145. The second-order valence-electron chi connectivity index (χ2n) is 4.08. The Hall–Kier alpha value is -1.46. The molecule has 1 aliphatic rings. The molecule has 0 saturated carbocycles. The van der Waals surface area contributed by atoms with Crippen LogP contribution in [0.25, 0.3) is 0 Å². The quantitative estimate of drug-likeness (QED) is 0.723. The zero-order chi connectivity index (χ0) is 11.9. The Morgan fingerprint density at radius 3 is 2.94 bits per heavy atom. The van der Waals surface area contributed by atoms with Gasteiger partial charge in [-0.1, -0.05) is 0 Å². The normalized spacial score (nSPS) is 19.9. The molecular weight excluding hydrogens is 218 g/mol. The Balaban J connectivity index is 1.70. The van der Waals surface area contributed by atoms with Gasteiger partial charge < -0.3 is 15.4 Å². The predicted octanol–water partition coefficient (Wildman–Crippen LogP) is 0.0763.